The molecule has 0 aromatic carbocycles. The van der Waals surface area contributed by atoms with Gasteiger partial charge in [0, 0.05) is 11.3 Å². The maximum Gasteiger partial charge on any atom is 0.363 e. The van der Waals surface area contributed by atoms with E-state index < -0.39 is 22.4 Å². The second-order valence-corrected chi connectivity index (χ2v) is 6.38. The molecular weight excluding hydrogens is 322 g/mol. The van der Waals surface area contributed by atoms with Gasteiger partial charge in [0.2, 0.25) is 0 Å². The van der Waals surface area contributed by atoms with Crippen molar-refractivity contribution in [3.05, 3.63) is 16.3 Å². The number of nitrogens with one attached hydrogen (secondary N) is 1. The molecule has 4 amide bonds. The van der Waals surface area contributed by atoms with Crippen LogP contribution >= 0.6 is 11.3 Å². The predicted molar refractivity (Wildman–Crippen MR) is 73.5 cm³/mol. The van der Waals surface area contributed by atoms with Gasteiger partial charge >= 0.3 is 22.4 Å². The fourth-order valence-corrected chi connectivity index (χ4v) is 3.17. The number of hydrogen-bond acceptors (Lipinski definition) is 6. The van der Waals surface area contributed by atoms with Gasteiger partial charge in [0.1, 0.15) is 6.29 Å². The van der Waals surface area contributed by atoms with Crippen LogP contribution in [-0.2, 0) is 21.5 Å². The van der Waals surface area contributed by atoms with Gasteiger partial charge in [0.05, 0.1) is 18.8 Å². The Labute approximate surface area is 124 Å². The highest BCUT2D eigenvalue weighted by Gasteiger charge is 2.39. The molecule has 114 valence electrons. The van der Waals surface area contributed by atoms with Gasteiger partial charge in [-0.3, -0.25) is 4.55 Å². The van der Waals surface area contributed by atoms with Crippen LogP contribution in [0.1, 0.15) is 4.88 Å². The zero-order valence-corrected chi connectivity index (χ0v) is 12.2. The van der Waals surface area contributed by atoms with Crippen LogP contribution < -0.4 is 5.32 Å². The Bertz CT molecular complexity index is 683. The third-order valence-electron chi connectivity index (χ3n) is 2.75. The van der Waals surface area contributed by atoms with Crippen LogP contribution in [-0.4, -0.2) is 53.6 Å². The first-order valence-corrected chi connectivity index (χ1v) is 8.00. The third-order valence-corrected chi connectivity index (χ3v) is 4.59. The van der Waals surface area contributed by atoms with E-state index in [-0.39, 0.29) is 23.8 Å². The number of amides is 4. The van der Waals surface area contributed by atoms with E-state index in [1.165, 1.54) is 11.3 Å². The molecule has 0 unspecified atom stereocenters. The lowest BCUT2D eigenvalue weighted by Crippen LogP contribution is -2.40. The highest BCUT2D eigenvalue weighted by molar-refractivity contribution is 7.84. The van der Waals surface area contributed by atoms with Crippen molar-refractivity contribution in [1.29, 1.82) is 0 Å². The number of hydrogen-bond donors (Lipinski definition) is 2. The molecular formula is C10H11N3O6S2. The number of imide groups is 1. The largest absolute Gasteiger partial charge is 0.363 e. The molecule has 1 aliphatic heterocycles. The highest BCUT2D eigenvalue weighted by atomic mass is 32.2. The maximum absolute atomic E-state index is 12.0. The van der Waals surface area contributed by atoms with Gasteiger partial charge < -0.3 is 10.1 Å². The molecule has 1 fully saturated rings. The minimum absolute atomic E-state index is 0.123. The molecule has 0 radical (unpaired) electrons. The predicted octanol–water partition coefficient (Wildman–Crippen LogP) is 0.562. The minimum Gasteiger partial charge on any atom is -0.306 e. The number of rotatable bonds is 4. The summed E-state index contributed by atoms with van der Waals surface area (Å²) < 4.78 is 30.9. The van der Waals surface area contributed by atoms with E-state index in [0.29, 0.717) is 21.8 Å². The van der Waals surface area contributed by atoms with Crippen LogP contribution in [0.25, 0.3) is 0 Å². The van der Waals surface area contributed by atoms with Gasteiger partial charge in [0.25, 0.3) is 0 Å². The number of carbonyl (C=O) groups is 3. The molecule has 9 nitrogen and oxygen atoms in total. The number of thiophene rings is 1. The van der Waals surface area contributed by atoms with Crippen molar-refractivity contribution < 1.29 is 27.4 Å². The van der Waals surface area contributed by atoms with E-state index >= 15 is 0 Å². The van der Waals surface area contributed by atoms with Crippen LogP contribution in [0.15, 0.2) is 11.4 Å². The van der Waals surface area contributed by atoms with Gasteiger partial charge in [0.15, 0.2) is 0 Å². The van der Waals surface area contributed by atoms with Crippen LogP contribution in [0.3, 0.4) is 0 Å². The van der Waals surface area contributed by atoms with E-state index in [4.69, 9.17) is 4.55 Å². The smallest absolute Gasteiger partial charge is 0.306 e. The van der Waals surface area contributed by atoms with Crippen molar-refractivity contribution >= 4 is 45.7 Å². The molecule has 2 N–H and O–H groups in total. The number of aldehydes is 1. The molecule has 0 bridgehead atoms. The van der Waals surface area contributed by atoms with Crippen LogP contribution in [0.4, 0.5) is 15.3 Å². The fourth-order valence-electron chi connectivity index (χ4n) is 1.79. The molecule has 0 aliphatic carbocycles. The summed E-state index contributed by atoms with van der Waals surface area (Å²) in [5, 5.41) is 4.11. The number of nitrogens with zero attached hydrogens (tertiary/aromatic N) is 2. The Hall–Kier alpha value is -1.98. The molecule has 0 atom stereocenters. The summed E-state index contributed by atoms with van der Waals surface area (Å²) in [6.07, 6.45) is 0.806. The topological polar surface area (TPSA) is 124 Å². The van der Waals surface area contributed by atoms with E-state index in [1.807, 2.05) is 0 Å². The maximum atomic E-state index is 12.0. The molecule has 2 heterocycles. The molecule has 2 rings (SSSR count). The summed E-state index contributed by atoms with van der Waals surface area (Å²) in [7, 11) is -4.68. The summed E-state index contributed by atoms with van der Waals surface area (Å²) in [6.45, 7) is -0.479. The quantitative estimate of drug-likeness (QED) is 0.613. The average Bonchev–Trinajstić information content (AvgIpc) is 2.96. The Morgan fingerprint density at radius 2 is 2.19 bits per heavy atom. The third kappa shape index (κ3) is 3.20. The summed E-state index contributed by atoms with van der Waals surface area (Å²) in [5.74, 6) is 0. The first-order valence-electron chi connectivity index (χ1n) is 5.72. The van der Waals surface area contributed by atoms with Crippen LogP contribution in [0, 0.1) is 0 Å². The molecule has 0 saturated carbocycles. The molecule has 0 spiro atoms. The Morgan fingerprint density at radius 3 is 2.76 bits per heavy atom. The Morgan fingerprint density at radius 1 is 1.48 bits per heavy atom. The first kappa shape index (κ1) is 15.4. The minimum atomic E-state index is -4.68. The van der Waals surface area contributed by atoms with E-state index in [1.54, 1.807) is 11.4 Å². The van der Waals surface area contributed by atoms with Gasteiger partial charge in [-0.15, -0.1) is 11.3 Å². The van der Waals surface area contributed by atoms with Crippen molar-refractivity contribution in [2.45, 2.75) is 6.42 Å². The zero-order valence-electron chi connectivity index (χ0n) is 10.6. The van der Waals surface area contributed by atoms with E-state index in [0.717, 1.165) is 0 Å². The van der Waals surface area contributed by atoms with Crippen molar-refractivity contribution in [2.75, 3.05) is 18.4 Å². The van der Waals surface area contributed by atoms with Crippen molar-refractivity contribution in [1.82, 2.24) is 9.21 Å². The highest BCUT2D eigenvalue weighted by Crippen LogP contribution is 2.23. The summed E-state index contributed by atoms with van der Waals surface area (Å²) >= 11 is 1.27. The monoisotopic (exact) mass is 333 g/mol. The lowest BCUT2D eigenvalue weighted by atomic mass is 10.3. The Kier molecular flexibility index (Phi) is 4.25. The standard InChI is InChI=1S/C10H11N3O6S2/c14-5-1-8-7(2-6-20-8)11-9(15)12-3-4-13(10(12)16)21(17,18)19/h2,5-6H,1,3-4H2,(H,11,15)(H,17,18,19). The summed E-state index contributed by atoms with van der Waals surface area (Å²) in [6, 6.07) is -0.374. The first-order chi connectivity index (χ1) is 9.84. The molecule has 1 aromatic rings. The second kappa shape index (κ2) is 5.79. The molecule has 1 saturated heterocycles. The van der Waals surface area contributed by atoms with Gasteiger partial charge in [-0.05, 0) is 11.4 Å². The lowest BCUT2D eigenvalue weighted by Gasteiger charge is -2.15. The molecule has 11 heteroatoms. The Balaban J connectivity index is 2.10. The fraction of sp³-hybridized carbons (Fsp3) is 0.300. The molecule has 1 aliphatic rings. The van der Waals surface area contributed by atoms with Crippen molar-refractivity contribution in [2.24, 2.45) is 0 Å². The van der Waals surface area contributed by atoms with E-state index in [9.17, 15) is 22.8 Å². The van der Waals surface area contributed by atoms with Gasteiger partial charge in [-0.25, -0.2) is 14.5 Å². The van der Waals surface area contributed by atoms with Crippen LogP contribution in [0.5, 0.6) is 0 Å². The number of carbonyl (C=O) groups excluding carboxylic acids is 3. The second-order valence-electron chi connectivity index (χ2n) is 4.04. The van der Waals surface area contributed by atoms with Gasteiger partial charge in [-0.1, -0.05) is 0 Å². The average molecular weight is 333 g/mol. The SMILES string of the molecule is O=CCc1sccc1NC(=O)N1CCN(S(=O)(=O)O)C1=O. The normalized spacial score (nSPS) is 15.4. The van der Waals surface area contributed by atoms with E-state index in [2.05, 4.69) is 5.32 Å². The summed E-state index contributed by atoms with van der Waals surface area (Å²) in [4.78, 5) is 35.5. The molecule has 1 aromatic heterocycles. The number of anilines is 1. The van der Waals surface area contributed by atoms with Crippen LogP contribution in [0.2, 0.25) is 0 Å². The lowest BCUT2D eigenvalue weighted by molar-refractivity contribution is -0.107. The zero-order chi connectivity index (χ0) is 15.6. The summed E-state index contributed by atoms with van der Waals surface area (Å²) in [5.41, 5.74) is 0.384. The van der Waals surface area contributed by atoms with Gasteiger partial charge in [-0.2, -0.15) is 12.7 Å². The molecule has 21 heavy (non-hydrogen) atoms. The van der Waals surface area contributed by atoms with Crippen molar-refractivity contribution in [3.8, 4) is 0 Å². The number of urea groups is 2. The van der Waals surface area contributed by atoms with Crippen molar-refractivity contribution in [3.63, 3.8) is 0 Å².